The largest absolute Gasteiger partial charge is 0.481 e. The summed E-state index contributed by atoms with van der Waals surface area (Å²) < 4.78 is 0. The van der Waals surface area contributed by atoms with Gasteiger partial charge in [-0.25, -0.2) is 4.98 Å². The molecule has 2 heterocycles. The molecule has 0 spiro atoms. The Morgan fingerprint density at radius 1 is 1.37 bits per heavy atom. The monoisotopic (exact) mass is 283 g/mol. The molecule has 106 valence electrons. The van der Waals surface area contributed by atoms with Crippen molar-refractivity contribution in [2.24, 2.45) is 0 Å². The molecular weight excluding hydrogens is 262 g/mol. The van der Waals surface area contributed by atoms with E-state index in [9.17, 15) is 4.79 Å². The van der Waals surface area contributed by atoms with Gasteiger partial charge in [-0.15, -0.1) is 11.3 Å². The van der Waals surface area contributed by atoms with Crippen molar-refractivity contribution in [3.63, 3.8) is 0 Å². The summed E-state index contributed by atoms with van der Waals surface area (Å²) in [5.41, 5.74) is 0.870. The second-order valence-corrected chi connectivity index (χ2v) is 6.67. The van der Waals surface area contributed by atoms with Crippen molar-refractivity contribution in [1.82, 2.24) is 9.88 Å². The van der Waals surface area contributed by atoms with E-state index in [4.69, 9.17) is 5.11 Å². The minimum Gasteiger partial charge on any atom is -0.481 e. The lowest BCUT2D eigenvalue weighted by atomic mass is 10.1. The van der Waals surface area contributed by atoms with E-state index >= 15 is 0 Å². The van der Waals surface area contributed by atoms with Crippen LogP contribution in [0.15, 0.2) is 5.38 Å². The van der Waals surface area contributed by atoms with E-state index in [1.54, 1.807) is 0 Å². The zero-order valence-corrected chi connectivity index (χ0v) is 12.5. The maximum atomic E-state index is 10.7. The number of hydrogen-bond donors (Lipinski definition) is 1. The van der Waals surface area contributed by atoms with Gasteiger partial charge in [0, 0.05) is 37.1 Å². The number of carboxylic acids is 1. The van der Waals surface area contributed by atoms with E-state index in [-0.39, 0.29) is 12.0 Å². The molecular formula is C13H21N3O2S. The molecule has 0 aliphatic carbocycles. The van der Waals surface area contributed by atoms with Crippen LogP contribution in [0.5, 0.6) is 0 Å². The molecule has 0 saturated carbocycles. The lowest BCUT2D eigenvalue weighted by Crippen LogP contribution is -2.53. The summed E-state index contributed by atoms with van der Waals surface area (Å²) in [5, 5.41) is 11.6. The average molecular weight is 283 g/mol. The smallest absolute Gasteiger partial charge is 0.309 e. The Kier molecular flexibility index (Phi) is 4.10. The Morgan fingerprint density at radius 2 is 2.00 bits per heavy atom. The summed E-state index contributed by atoms with van der Waals surface area (Å²) >= 11 is 1.54. The molecule has 0 radical (unpaired) electrons. The van der Waals surface area contributed by atoms with Crippen molar-refractivity contribution in [1.29, 1.82) is 0 Å². The number of carbonyl (C=O) groups is 1. The van der Waals surface area contributed by atoms with E-state index in [1.807, 2.05) is 5.38 Å². The van der Waals surface area contributed by atoms with Crippen LogP contribution in [0.2, 0.25) is 0 Å². The van der Waals surface area contributed by atoms with E-state index in [1.165, 1.54) is 11.3 Å². The van der Waals surface area contributed by atoms with E-state index < -0.39 is 5.97 Å². The lowest BCUT2D eigenvalue weighted by molar-refractivity contribution is -0.136. The van der Waals surface area contributed by atoms with Gasteiger partial charge < -0.3 is 10.0 Å². The minimum atomic E-state index is -0.825. The van der Waals surface area contributed by atoms with Crippen LogP contribution in [0.4, 0.5) is 5.13 Å². The van der Waals surface area contributed by atoms with Crippen LogP contribution in [0.1, 0.15) is 26.5 Å². The molecule has 1 N–H and O–H groups in total. The van der Waals surface area contributed by atoms with Gasteiger partial charge in [-0.05, 0) is 20.8 Å². The number of rotatable bonds is 3. The summed E-state index contributed by atoms with van der Waals surface area (Å²) in [6, 6.07) is 0. The maximum absolute atomic E-state index is 10.7. The number of piperazine rings is 1. The average Bonchev–Trinajstić information content (AvgIpc) is 2.75. The highest BCUT2D eigenvalue weighted by Crippen LogP contribution is 2.24. The summed E-state index contributed by atoms with van der Waals surface area (Å²) in [6.45, 7) is 10.7. The van der Waals surface area contributed by atoms with Gasteiger partial charge in [0.1, 0.15) is 0 Å². The van der Waals surface area contributed by atoms with Gasteiger partial charge in [0.05, 0.1) is 12.1 Å². The minimum absolute atomic E-state index is 0.0124. The third-order valence-electron chi connectivity index (χ3n) is 3.37. The number of anilines is 1. The Balaban J connectivity index is 1.94. The molecule has 0 aromatic carbocycles. The molecule has 1 aliphatic heterocycles. The van der Waals surface area contributed by atoms with Gasteiger partial charge in [0.15, 0.2) is 5.13 Å². The number of nitrogens with zero attached hydrogens (tertiary/aromatic N) is 3. The molecule has 0 amide bonds. The summed E-state index contributed by atoms with van der Waals surface area (Å²) in [7, 11) is 0. The SMILES string of the molecule is CC(C)(C)N1CCN(c2nc(CC(=O)O)cs2)CC1. The van der Waals surface area contributed by atoms with Gasteiger partial charge in [-0.3, -0.25) is 9.69 Å². The number of aliphatic carboxylic acids is 1. The molecule has 0 bridgehead atoms. The van der Waals surface area contributed by atoms with Crippen molar-refractivity contribution >= 4 is 22.4 Å². The highest BCUT2D eigenvalue weighted by molar-refractivity contribution is 7.13. The Hall–Kier alpha value is -1.14. The molecule has 2 rings (SSSR count). The van der Waals surface area contributed by atoms with Crippen molar-refractivity contribution in [2.75, 3.05) is 31.1 Å². The van der Waals surface area contributed by atoms with Crippen molar-refractivity contribution in [3.05, 3.63) is 11.1 Å². The maximum Gasteiger partial charge on any atom is 0.309 e. The van der Waals surface area contributed by atoms with Crippen LogP contribution in [-0.2, 0) is 11.2 Å². The van der Waals surface area contributed by atoms with Crippen molar-refractivity contribution in [3.8, 4) is 0 Å². The van der Waals surface area contributed by atoms with Gasteiger partial charge in [0.2, 0.25) is 0 Å². The number of thiazole rings is 1. The third kappa shape index (κ3) is 3.67. The molecule has 1 saturated heterocycles. The Morgan fingerprint density at radius 3 is 2.53 bits per heavy atom. The lowest BCUT2D eigenvalue weighted by Gasteiger charge is -2.42. The van der Waals surface area contributed by atoms with Crippen LogP contribution < -0.4 is 4.90 Å². The third-order valence-corrected chi connectivity index (χ3v) is 4.32. The number of hydrogen-bond acceptors (Lipinski definition) is 5. The normalized spacial score (nSPS) is 17.7. The predicted octanol–water partition coefficient (Wildman–Crippen LogP) is 1.69. The summed E-state index contributed by atoms with van der Waals surface area (Å²) in [4.78, 5) is 19.8. The van der Waals surface area contributed by atoms with Crippen molar-refractivity contribution < 1.29 is 9.90 Å². The van der Waals surface area contributed by atoms with E-state index in [0.717, 1.165) is 31.3 Å². The zero-order chi connectivity index (χ0) is 14.0. The Labute approximate surface area is 117 Å². The standard InChI is InChI=1S/C13H21N3O2S/c1-13(2,3)16-6-4-15(5-7-16)12-14-10(9-19-12)8-11(17)18/h9H,4-8H2,1-3H3,(H,17,18). The fourth-order valence-electron chi connectivity index (χ4n) is 2.25. The van der Waals surface area contributed by atoms with Gasteiger partial charge in [0.25, 0.3) is 0 Å². The van der Waals surface area contributed by atoms with Crippen LogP contribution in [-0.4, -0.2) is 52.7 Å². The highest BCUT2D eigenvalue weighted by atomic mass is 32.1. The molecule has 0 atom stereocenters. The summed E-state index contributed by atoms with van der Waals surface area (Å²) in [5.74, 6) is -0.825. The second kappa shape index (κ2) is 5.46. The zero-order valence-electron chi connectivity index (χ0n) is 11.7. The van der Waals surface area contributed by atoms with E-state index in [0.29, 0.717) is 5.69 Å². The number of aromatic nitrogens is 1. The molecule has 1 aliphatic rings. The van der Waals surface area contributed by atoms with Gasteiger partial charge >= 0.3 is 5.97 Å². The molecule has 5 nitrogen and oxygen atoms in total. The van der Waals surface area contributed by atoms with E-state index in [2.05, 4.69) is 35.6 Å². The summed E-state index contributed by atoms with van der Waals surface area (Å²) in [6.07, 6.45) is 0.0124. The van der Waals surface area contributed by atoms with Crippen LogP contribution in [0.25, 0.3) is 0 Å². The van der Waals surface area contributed by atoms with Gasteiger partial charge in [-0.1, -0.05) is 0 Å². The molecule has 19 heavy (non-hydrogen) atoms. The molecule has 1 fully saturated rings. The first kappa shape index (κ1) is 14.3. The molecule has 1 aromatic heterocycles. The first-order chi connectivity index (χ1) is 8.86. The second-order valence-electron chi connectivity index (χ2n) is 5.84. The predicted molar refractivity (Wildman–Crippen MR) is 77.0 cm³/mol. The highest BCUT2D eigenvalue weighted by Gasteiger charge is 2.26. The molecule has 0 unspecified atom stereocenters. The van der Waals surface area contributed by atoms with Gasteiger partial charge in [-0.2, -0.15) is 0 Å². The fourth-order valence-corrected chi connectivity index (χ4v) is 3.13. The first-order valence-corrected chi connectivity index (χ1v) is 7.40. The van der Waals surface area contributed by atoms with Crippen LogP contribution in [0.3, 0.4) is 0 Å². The first-order valence-electron chi connectivity index (χ1n) is 6.52. The van der Waals surface area contributed by atoms with Crippen molar-refractivity contribution in [2.45, 2.75) is 32.7 Å². The van der Waals surface area contributed by atoms with Crippen LogP contribution in [0, 0.1) is 0 Å². The van der Waals surface area contributed by atoms with Crippen LogP contribution >= 0.6 is 11.3 Å². The quantitative estimate of drug-likeness (QED) is 0.915. The number of carboxylic acid groups (broad SMARTS) is 1. The molecule has 1 aromatic rings. The molecule has 6 heteroatoms. The Bertz CT molecular complexity index is 445. The topological polar surface area (TPSA) is 56.7 Å². The fraction of sp³-hybridized carbons (Fsp3) is 0.692.